The summed E-state index contributed by atoms with van der Waals surface area (Å²) in [6.45, 7) is 9.27. The minimum atomic E-state index is -0.169. The Bertz CT molecular complexity index is 481. The quantitative estimate of drug-likeness (QED) is 0.906. The summed E-state index contributed by atoms with van der Waals surface area (Å²) >= 11 is 0. The molecule has 0 atom stereocenters. The molecule has 1 N–H and O–H groups in total. The van der Waals surface area contributed by atoms with Crippen LogP contribution in [0, 0.1) is 13.8 Å². The number of aryl methyl sites for hydroxylation is 2. The molecule has 0 aliphatic heterocycles. The van der Waals surface area contributed by atoms with Crippen molar-refractivity contribution in [3.63, 3.8) is 0 Å². The summed E-state index contributed by atoms with van der Waals surface area (Å²) in [5, 5.41) is 2.86. The molecule has 1 aromatic carbocycles. The van der Waals surface area contributed by atoms with E-state index in [1.54, 1.807) is 4.90 Å². The number of carbonyl (C=O) groups excluding carboxylic acids is 2. The molecule has 0 radical (unpaired) electrons. The van der Waals surface area contributed by atoms with Crippen molar-refractivity contribution in [2.45, 2.75) is 40.7 Å². The summed E-state index contributed by atoms with van der Waals surface area (Å²) < 4.78 is 0. The van der Waals surface area contributed by atoms with Gasteiger partial charge in [-0.3, -0.25) is 9.59 Å². The van der Waals surface area contributed by atoms with Crippen molar-refractivity contribution in [1.82, 2.24) is 4.90 Å². The van der Waals surface area contributed by atoms with Crippen molar-refractivity contribution >= 4 is 17.5 Å². The van der Waals surface area contributed by atoms with Gasteiger partial charge in [-0.05, 0) is 44.9 Å². The molecule has 0 saturated carbocycles. The number of carbonyl (C=O) groups is 2. The summed E-state index contributed by atoms with van der Waals surface area (Å²) in [5.74, 6) is -0.260. The number of anilines is 1. The Morgan fingerprint density at radius 2 is 1.89 bits per heavy atom. The van der Waals surface area contributed by atoms with E-state index in [-0.39, 0.29) is 24.4 Å². The van der Waals surface area contributed by atoms with Gasteiger partial charge in [0.05, 0.1) is 0 Å². The van der Waals surface area contributed by atoms with Gasteiger partial charge in [0.1, 0.15) is 6.54 Å². The minimum absolute atomic E-state index is 0.0156. The lowest BCUT2D eigenvalue weighted by atomic mass is 10.1. The van der Waals surface area contributed by atoms with Gasteiger partial charge in [-0.2, -0.15) is 0 Å². The molecule has 0 aliphatic rings. The van der Waals surface area contributed by atoms with Crippen LogP contribution in [0.1, 0.15) is 31.9 Å². The highest BCUT2D eigenvalue weighted by Gasteiger charge is 2.16. The molecule has 0 unspecified atom stereocenters. The highest BCUT2D eigenvalue weighted by Crippen LogP contribution is 2.16. The first-order valence-corrected chi connectivity index (χ1v) is 6.45. The lowest BCUT2D eigenvalue weighted by Crippen LogP contribution is -2.41. The Kier molecular flexibility index (Phi) is 5.10. The maximum absolute atomic E-state index is 12.0. The molecule has 104 valence electrons. The number of nitrogens with zero attached hydrogens (tertiary/aromatic N) is 1. The molecule has 19 heavy (non-hydrogen) atoms. The molecular weight excluding hydrogens is 240 g/mol. The second kappa shape index (κ2) is 6.36. The summed E-state index contributed by atoms with van der Waals surface area (Å²) in [6.07, 6.45) is 0. The first-order chi connectivity index (χ1) is 8.81. The zero-order valence-corrected chi connectivity index (χ0v) is 12.3. The average molecular weight is 262 g/mol. The fourth-order valence-electron chi connectivity index (χ4n) is 1.87. The van der Waals surface area contributed by atoms with Crippen LogP contribution in [0.15, 0.2) is 18.2 Å². The fraction of sp³-hybridized carbons (Fsp3) is 0.467. The lowest BCUT2D eigenvalue weighted by molar-refractivity contribution is -0.134. The molecule has 2 amide bonds. The first kappa shape index (κ1) is 15.2. The van der Waals surface area contributed by atoms with Gasteiger partial charge >= 0.3 is 0 Å². The van der Waals surface area contributed by atoms with E-state index in [2.05, 4.69) is 5.32 Å². The van der Waals surface area contributed by atoms with Gasteiger partial charge in [0.15, 0.2) is 0 Å². The third-order valence-corrected chi connectivity index (χ3v) is 3.01. The largest absolute Gasteiger partial charge is 0.331 e. The zero-order valence-electron chi connectivity index (χ0n) is 12.3. The van der Waals surface area contributed by atoms with Crippen LogP contribution in [0.2, 0.25) is 0 Å². The fourth-order valence-corrected chi connectivity index (χ4v) is 1.87. The number of rotatable bonds is 4. The summed E-state index contributed by atoms with van der Waals surface area (Å²) in [4.78, 5) is 25.0. The topological polar surface area (TPSA) is 49.4 Å². The van der Waals surface area contributed by atoms with Crippen molar-refractivity contribution in [1.29, 1.82) is 0 Å². The zero-order chi connectivity index (χ0) is 14.6. The van der Waals surface area contributed by atoms with Gasteiger partial charge < -0.3 is 10.2 Å². The second-order valence-corrected chi connectivity index (χ2v) is 5.11. The third-order valence-electron chi connectivity index (χ3n) is 3.01. The Labute approximate surface area is 114 Å². The van der Waals surface area contributed by atoms with Gasteiger partial charge in [-0.15, -0.1) is 0 Å². The average Bonchev–Trinajstić information content (AvgIpc) is 2.30. The normalized spacial score (nSPS) is 10.4. The Morgan fingerprint density at radius 3 is 2.42 bits per heavy atom. The van der Waals surface area contributed by atoms with Gasteiger partial charge in [0, 0.05) is 18.7 Å². The maximum atomic E-state index is 12.0. The second-order valence-electron chi connectivity index (χ2n) is 5.11. The van der Waals surface area contributed by atoms with Crippen LogP contribution < -0.4 is 5.32 Å². The molecular formula is C15H22N2O2. The van der Waals surface area contributed by atoms with Gasteiger partial charge in [0.25, 0.3) is 0 Å². The van der Waals surface area contributed by atoms with E-state index in [0.29, 0.717) is 0 Å². The van der Waals surface area contributed by atoms with Crippen molar-refractivity contribution in [3.05, 3.63) is 29.3 Å². The Morgan fingerprint density at radius 1 is 1.26 bits per heavy atom. The number of nitrogens with one attached hydrogen (secondary N) is 1. The summed E-state index contributed by atoms with van der Waals surface area (Å²) in [7, 11) is 0. The van der Waals surface area contributed by atoms with Crippen LogP contribution in [-0.2, 0) is 9.59 Å². The number of hydrogen-bond acceptors (Lipinski definition) is 2. The van der Waals surface area contributed by atoms with Crippen molar-refractivity contribution in [3.8, 4) is 0 Å². The van der Waals surface area contributed by atoms with E-state index in [0.717, 1.165) is 16.8 Å². The molecule has 1 aromatic rings. The van der Waals surface area contributed by atoms with Gasteiger partial charge in [0.2, 0.25) is 11.8 Å². The maximum Gasteiger partial charge on any atom is 0.244 e. The van der Waals surface area contributed by atoms with Crippen LogP contribution in [0.5, 0.6) is 0 Å². The minimum Gasteiger partial charge on any atom is -0.331 e. The van der Waals surface area contributed by atoms with Gasteiger partial charge in [-0.25, -0.2) is 0 Å². The van der Waals surface area contributed by atoms with Crippen LogP contribution in [0.25, 0.3) is 0 Å². The Hall–Kier alpha value is -1.84. The van der Waals surface area contributed by atoms with E-state index < -0.39 is 0 Å². The summed E-state index contributed by atoms with van der Waals surface area (Å²) in [5.41, 5.74) is 2.91. The van der Waals surface area contributed by atoms with E-state index in [9.17, 15) is 9.59 Å². The molecule has 0 bridgehead atoms. The SMILES string of the molecule is CC(=O)N(CC(=O)Nc1cc(C)ccc1C)C(C)C. The van der Waals surface area contributed by atoms with Crippen LogP contribution in [-0.4, -0.2) is 29.3 Å². The number of benzene rings is 1. The van der Waals surface area contributed by atoms with Crippen molar-refractivity contribution in [2.24, 2.45) is 0 Å². The molecule has 0 saturated heterocycles. The van der Waals surface area contributed by atoms with E-state index in [1.807, 2.05) is 45.9 Å². The molecule has 0 heterocycles. The predicted molar refractivity (Wildman–Crippen MR) is 77.1 cm³/mol. The van der Waals surface area contributed by atoms with Crippen LogP contribution in [0.3, 0.4) is 0 Å². The van der Waals surface area contributed by atoms with Crippen molar-refractivity contribution < 1.29 is 9.59 Å². The number of hydrogen-bond donors (Lipinski definition) is 1. The highest BCUT2D eigenvalue weighted by molar-refractivity contribution is 5.95. The third kappa shape index (κ3) is 4.39. The summed E-state index contributed by atoms with van der Waals surface area (Å²) in [6, 6.07) is 5.92. The first-order valence-electron chi connectivity index (χ1n) is 6.45. The Balaban J connectivity index is 2.74. The van der Waals surface area contributed by atoms with Crippen LogP contribution in [0.4, 0.5) is 5.69 Å². The molecule has 4 heteroatoms. The lowest BCUT2D eigenvalue weighted by Gasteiger charge is -2.24. The van der Waals surface area contributed by atoms with E-state index in [1.165, 1.54) is 6.92 Å². The monoisotopic (exact) mass is 262 g/mol. The van der Waals surface area contributed by atoms with Gasteiger partial charge in [-0.1, -0.05) is 12.1 Å². The molecule has 1 rings (SSSR count). The molecule has 0 aromatic heterocycles. The van der Waals surface area contributed by atoms with Crippen molar-refractivity contribution in [2.75, 3.05) is 11.9 Å². The molecule has 4 nitrogen and oxygen atoms in total. The van der Waals surface area contributed by atoms with E-state index >= 15 is 0 Å². The highest BCUT2D eigenvalue weighted by atomic mass is 16.2. The molecule has 0 spiro atoms. The smallest absolute Gasteiger partial charge is 0.244 e. The molecule has 0 fully saturated rings. The van der Waals surface area contributed by atoms with E-state index in [4.69, 9.17) is 0 Å². The predicted octanol–water partition coefficient (Wildman–Crippen LogP) is 2.50. The van der Waals surface area contributed by atoms with Crippen LogP contribution >= 0.6 is 0 Å². The number of amides is 2. The standard InChI is InChI=1S/C15H22N2O2/c1-10(2)17(13(5)18)9-15(19)16-14-8-11(3)6-7-12(14)4/h6-8,10H,9H2,1-5H3,(H,16,19). The molecule has 0 aliphatic carbocycles.